The molecule has 0 aliphatic carbocycles. The van der Waals surface area contributed by atoms with Crippen molar-refractivity contribution in [2.75, 3.05) is 13.7 Å². The predicted octanol–water partition coefficient (Wildman–Crippen LogP) is 5.33. The van der Waals surface area contributed by atoms with Crippen molar-refractivity contribution in [2.24, 2.45) is 5.92 Å². The van der Waals surface area contributed by atoms with Gasteiger partial charge in [0.25, 0.3) is 0 Å². The topological polar surface area (TPSA) is 30.5 Å². The van der Waals surface area contributed by atoms with Gasteiger partial charge in [0.15, 0.2) is 11.5 Å². The first kappa shape index (κ1) is 18.9. The van der Waals surface area contributed by atoms with E-state index in [4.69, 9.17) is 32.7 Å². The highest BCUT2D eigenvalue weighted by atomic mass is 35.5. The Morgan fingerprint density at radius 2 is 1.88 bits per heavy atom. The molecule has 2 aromatic carbocycles. The number of methoxy groups -OCH3 is 1. The Morgan fingerprint density at radius 1 is 1.08 bits per heavy atom. The second kappa shape index (κ2) is 9.16. The fraction of sp³-hybridized carbons (Fsp3) is 0.368. The molecule has 3 nitrogen and oxygen atoms in total. The summed E-state index contributed by atoms with van der Waals surface area (Å²) in [4.78, 5) is 0. The molecule has 0 aliphatic heterocycles. The molecule has 5 heteroatoms. The van der Waals surface area contributed by atoms with Crippen LogP contribution in [0.25, 0.3) is 0 Å². The smallest absolute Gasteiger partial charge is 0.163 e. The maximum Gasteiger partial charge on any atom is 0.163 e. The molecule has 0 unspecified atom stereocenters. The van der Waals surface area contributed by atoms with E-state index in [9.17, 15) is 0 Å². The van der Waals surface area contributed by atoms with Crippen LogP contribution in [-0.2, 0) is 13.2 Å². The molecule has 1 N–H and O–H groups in total. The Balaban J connectivity index is 2.08. The monoisotopic (exact) mass is 367 g/mol. The highest BCUT2D eigenvalue weighted by Gasteiger charge is 2.11. The Morgan fingerprint density at radius 3 is 2.54 bits per heavy atom. The molecule has 0 radical (unpaired) electrons. The fourth-order valence-electron chi connectivity index (χ4n) is 2.27. The summed E-state index contributed by atoms with van der Waals surface area (Å²) < 4.78 is 11.3. The lowest BCUT2D eigenvalue weighted by atomic mass is 10.1. The fourth-order valence-corrected chi connectivity index (χ4v) is 2.70. The summed E-state index contributed by atoms with van der Waals surface area (Å²) in [6, 6.07) is 11.3. The van der Waals surface area contributed by atoms with Crippen LogP contribution in [0.2, 0.25) is 10.0 Å². The van der Waals surface area contributed by atoms with Gasteiger partial charge >= 0.3 is 0 Å². The molecule has 24 heavy (non-hydrogen) atoms. The Labute approximate surface area is 153 Å². The summed E-state index contributed by atoms with van der Waals surface area (Å²) in [6.07, 6.45) is 0. The van der Waals surface area contributed by atoms with E-state index in [1.54, 1.807) is 13.2 Å². The van der Waals surface area contributed by atoms with Crippen LogP contribution in [0.1, 0.15) is 25.0 Å². The second-order valence-corrected chi connectivity index (χ2v) is 6.88. The van der Waals surface area contributed by atoms with Crippen LogP contribution in [0, 0.1) is 5.92 Å². The molecule has 0 aliphatic rings. The summed E-state index contributed by atoms with van der Waals surface area (Å²) in [5.74, 6) is 1.88. The SMILES string of the molecule is COc1cc(CNCC(C)C)c(Cl)cc1OCc1cccc(Cl)c1. The van der Waals surface area contributed by atoms with Gasteiger partial charge in [0.2, 0.25) is 0 Å². The molecule has 130 valence electrons. The molecule has 0 heterocycles. The van der Waals surface area contributed by atoms with Gasteiger partial charge in [0.1, 0.15) is 6.61 Å². The number of ether oxygens (including phenoxy) is 2. The van der Waals surface area contributed by atoms with E-state index in [2.05, 4.69) is 19.2 Å². The first-order valence-electron chi connectivity index (χ1n) is 7.94. The Bertz CT molecular complexity index is 674. The van der Waals surface area contributed by atoms with Gasteiger partial charge in [-0.15, -0.1) is 0 Å². The zero-order valence-electron chi connectivity index (χ0n) is 14.2. The minimum atomic E-state index is 0.401. The first-order chi connectivity index (χ1) is 11.5. The molecule has 0 amide bonds. The van der Waals surface area contributed by atoms with Crippen LogP contribution in [0.3, 0.4) is 0 Å². The molecule has 2 rings (SSSR count). The van der Waals surface area contributed by atoms with Gasteiger partial charge in [-0.3, -0.25) is 0 Å². The van der Waals surface area contributed by atoms with Crippen LogP contribution < -0.4 is 14.8 Å². The van der Waals surface area contributed by atoms with E-state index < -0.39 is 0 Å². The third-order valence-electron chi connectivity index (χ3n) is 3.48. The normalized spacial score (nSPS) is 10.9. The number of halogens is 2. The molecule has 0 aromatic heterocycles. The minimum absolute atomic E-state index is 0.401. The largest absolute Gasteiger partial charge is 0.493 e. The van der Waals surface area contributed by atoms with Crippen LogP contribution in [0.15, 0.2) is 36.4 Å². The van der Waals surface area contributed by atoms with Crippen molar-refractivity contribution in [3.8, 4) is 11.5 Å². The molecular formula is C19H23Cl2NO2. The van der Waals surface area contributed by atoms with Crippen molar-refractivity contribution in [3.63, 3.8) is 0 Å². The molecule has 2 aromatic rings. The molecule has 0 saturated carbocycles. The standard InChI is InChI=1S/C19H23Cl2NO2/c1-13(2)10-22-11-15-8-18(23-3)19(9-17(15)21)24-12-14-5-4-6-16(20)7-14/h4-9,13,22H,10-12H2,1-3H3. The average molecular weight is 368 g/mol. The Kier molecular flexibility index (Phi) is 7.22. The van der Waals surface area contributed by atoms with Crippen molar-refractivity contribution in [3.05, 3.63) is 57.6 Å². The summed E-state index contributed by atoms with van der Waals surface area (Å²) in [5.41, 5.74) is 1.98. The molecule has 0 fully saturated rings. The van der Waals surface area contributed by atoms with E-state index in [1.807, 2.05) is 30.3 Å². The number of rotatable bonds is 8. The van der Waals surface area contributed by atoms with E-state index in [0.717, 1.165) is 17.7 Å². The van der Waals surface area contributed by atoms with Crippen LogP contribution in [-0.4, -0.2) is 13.7 Å². The van der Waals surface area contributed by atoms with Crippen molar-refractivity contribution in [2.45, 2.75) is 27.0 Å². The van der Waals surface area contributed by atoms with E-state index in [1.165, 1.54) is 0 Å². The first-order valence-corrected chi connectivity index (χ1v) is 8.69. The lowest BCUT2D eigenvalue weighted by Gasteiger charge is -2.15. The maximum absolute atomic E-state index is 6.38. The highest BCUT2D eigenvalue weighted by molar-refractivity contribution is 6.31. The Hall–Kier alpha value is -1.42. The summed E-state index contributed by atoms with van der Waals surface area (Å²) in [6.45, 7) is 6.37. The summed E-state index contributed by atoms with van der Waals surface area (Å²) >= 11 is 12.4. The average Bonchev–Trinajstić information content (AvgIpc) is 2.54. The molecule has 0 atom stereocenters. The minimum Gasteiger partial charge on any atom is -0.493 e. The van der Waals surface area contributed by atoms with Gasteiger partial charge in [-0.1, -0.05) is 49.2 Å². The van der Waals surface area contributed by atoms with Crippen molar-refractivity contribution in [1.29, 1.82) is 0 Å². The third kappa shape index (κ3) is 5.59. The predicted molar refractivity (Wildman–Crippen MR) is 100 cm³/mol. The van der Waals surface area contributed by atoms with Crippen molar-refractivity contribution < 1.29 is 9.47 Å². The number of benzene rings is 2. The molecular weight excluding hydrogens is 345 g/mol. The number of nitrogens with one attached hydrogen (secondary N) is 1. The lowest BCUT2D eigenvalue weighted by molar-refractivity contribution is 0.284. The van der Waals surface area contributed by atoms with Gasteiger partial charge in [-0.05, 0) is 41.8 Å². The van der Waals surface area contributed by atoms with Gasteiger partial charge in [0, 0.05) is 22.7 Å². The summed E-state index contributed by atoms with van der Waals surface area (Å²) in [5, 5.41) is 4.73. The van der Waals surface area contributed by atoms with Crippen LogP contribution in [0.5, 0.6) is 11.5 Å². The van der Waals surface area contributed by atoms with Gasteiger partial charge in [-0.2, -0.15) is 0 Å². The van der Waals surface area contributed by atoms with Crippen molar-refractivity contribution in [1.82, 2.24) is 5.32 Å². The van der Waals surface area contributed by atoms with Gasteiger partial charge in [-0.25, -0.2) is 0 Å². The van der Waals surface area contributed by atoms with E-state index in [-0.39, 0.29) is 0 Å². The van der Waals surface area contributed by atoms with Crippen LogP contribution >= 0.6 is 23.2 Å². The van der Waals surface area contributed by atoms with E-state index in [0.29, 0.717) is 40.6 Å². The number of hydrogen-bond donors (Lipinski definition) is 1. The summed E-state index contributed by atoms with van der Waals surface area (Å²) in [7, 11) is 1.63. The second-order valence-electron chi connectivity index (χ2n) is 6.04. The zero-order chi connectivity index (χ0) is 17.5. The highest BCUT2D eigenvalue weighted by Crippen LogP contribution is 2.34. The van der Waals surface area contributed by atoms with Crippen LogP contribution in [0.4, 0.5) is 0 Å². The zero-order valence-corrected chi connectivity index (χ0v) is 15.7. The maximum atomic E-state index is 6.38. The quantitative estimate of drug-likeness (QED) is 0.684. The molecule has 0 bridgehead atoms. The lowest BCUT2D eigenvalue weighted by Crippen LogP contribution is -2.19. The van der Waals surface area contributed by atoms with E-state index >= 15 is 0 Å². The number of hydrogen-bond acceptors (Lipinski definition) is 3. The van der Waals surface area contributed by atoms with Gasteiger partial charge in [0.05, 0.1) is 7.11 Å². The van der Waals surface area contributed by atoms with Gasteiger partial charge < -0.3 is 14.8 Å². The molecule has 0 spiro atoms. The molecule has 0 saturated heterocycles. The van der Waals surface area contributed by atoms with Crippen molar-refractivity contribution >= 4 is 23.2 Å². The third-order valence-corrected chi connectivity index (χ3v) is 4.07.